The van der Waals surface area contributed by atoms with Crippen molar-refractivity contribution >= 4 is 17.7 Å². The summed E-state index contributed by atoms with van der Waals surface area (Å²) in [6.45, 7) is 0. The molecule has 0 bridgehead atoms. The standard InChI is InChI=1S/C13H16N2O3/c16-12(17)11(8-9-6-7-9)15-13(18)14-10-4-2-1-3-5-10/h1-5,9,11H,6-8H2,(H,16,17)(H2,14,15,18). The van der Waals surface area contributed by atoms with E-state index in [2.05, 4.69) is 10.6 Å². The number of carbonyl (C=O) groups is 2. The number of carboxylic acids is 1. The van der Waals surface area contributed by atoms with Crippen LogP contribution in [-0.2, 0) is 4.79 Å². The molecule has 1 unspecified atom stereocenters. The van der Waals surface area contributed by atoms with E-state index in [4.69, 9.17) is 5.11 Å². The molecule has 0 spiro atoms. The topological polar surface area (TPSA) is 78.4 Å². The number of nitrogens with one attached hydrogen (secondary N) is 2. The van der Waals surface area contributed by atoms with Crippen LogP contribution in [0.2, 0.25) is 0 Å². The molecule has 0 saturated heterocycles. The summed E-state index contributed by atoms with van der Waals surface area (Å²) in [6.07, 6.45) is 2.63. The van der Waals surface area contributed by atoms with Gasteiger partial charge in [0.05, 0.1) is 0 Å². The van der Waals surface area contributed by atoms with Gasteiger partial charge in [-0.3, -0.25) is 0 Å². The lowest BCUT2D eigenvalue weighted by molar-refractivity contribution is -0.139. The minimum Gasteiger partial charge on any atom is -0.480 e. The first kappa shape index (κ1) is 12.4. The van der Waals surface area contributed by atoms with E-state index < -0.39 is 18.0 Å². The number of amides is 2. The summed E-state index contributed by atoms with van der Waals surface area (Å²) in [6, 6.07) is 7.65. The second kappa shape index (κ2) is 5.53. The van der Waals surface area contributed by atoms with Crippen molar-refractivity contribution in [3.05, 3.63) is 30.3 Å². The number of para-hydroxylation sites is 1. The molecule has 1 fully saturated rings. The Balaban J connectivity index is 1.86. The van der Waals surface area contributed by atoms with Crippen molar-refractivity contribution in [1.82, 2.24) is 5.32 Å². The van der Waals surface area contributed by atoms with E-state index in [1.54, 1.807) is 24.3 Å². The average molecular weight is 248 g/mol. The number of benzene rings is 1. The highest BCUT2D eigenvalue weighted by Crippen LogP contribution is 2.33. The van der Waals surface area contributed by atoms with Crippen molar-refractivity contribution in [2.75, 3.05) is 5.32 Å². The summed E-state index contributed by atoms with van der Waals surface area (Å²) in [5.74, 6) is -0.534. The molecule has 1 atom stereocenters. The summed E-state index contributed by atoms with van der Waals surface area (Å²) >= 11 is 0. The first-order valence-electron chi connectivity index (χ1n) is 6.00. The van der Waals surface area contributed by atoms with Gasteiger partial charge in [-0.1, -0.05) is 31.0 Å². The minimum atomic E-state index is -0.981. The van der Waals surface area contributed by atoms with Crippen molar-refractivity contribution in [2.45, 2.75) is 25.3 Å². The van der Waals surface area contributed by atoms with Crippen LogP contribution >= 0.6 is 0 Å². The zero-order chi connectivity index (χ0) is 13.0. The maximum atomic E-state index is 11.6. The van der Waals surface area contributed by atoms with E-state index in [1.165, 1.54) is 0 Å². The molecule has 18 heavy (non-hydrogen) atoms. The highest BCUT2D eigenvalue weighted by atomic mass is 16.4. The van der Waals surface area contributed by atoms with Crippen molar-refractivity contribution < 1.29 is 14.7 Å². The van der Waals surface area contributed by atoms with Crippen LogP contribution in [0.4, 0.5) is 10.5 Å². The molecular weight excluding hydrogens is 232 g/mol. The zero-order valence-electron chi connectivity index (χ0n) is 9.93. The lowest BCUT2D eigenvalue weighted by Gasteiger charge is -2.14. The van der Waals surface area contributed by atoms with Crippen molar-refractivity contribution in [1.29, 1.82) is 0 Å². The number of aliphatic carboxylic acids is 1. The first-order valence-corrected chi connectivity index (χ1v) is 6.00. The Morgan fingerprint density at radius 3 is 2.50 bits per heavy atom. The van der Waals surface area contributed by atoms with Gasteiger partial charge in [0.2, 0.25) is 0 Å². The molecular formula is C13H16N2O3. The van der Waals surface area contributed by atoms with Crippen LogP contribution < -0.4 is 10.6 Å². The molecule has 0 heterocycles. The highest BCUT2D eigenvalue weighted by molar-refractivity contribution is 5.92. The maximum absolute atomic E-state index is 11.6. The molecule has 1 aliphatic rings. The van der Waals surface area contributed by atoms with Gasteiger partial charge in [-0.15, -0.1) is 0 Å². The number of hydrogen-bond donors (Lipinski definition) is 3. The normalized spacial score (nSPS) is 15.8. The van der Waals surface area contributed by atoms with Crippen LogP contribution in [-0.4, -0.2) is 23.1 Å². The highest BCUT2D eigenvalue weighted by Gasteiger charge is 2.30. The predicted molar refractivity (Wildman–Crippen MR) is 67.4 cm³/mol. The van der Waals surface area contributed by atoms with E-state index in [0.29, 0.717) is 18.0 Å². The molecule has 5 nitrogen and oxygen atoms in total. The van der Waals surface area contributed by atoms with Gasteiger partial charge < -0.3 is 15.7 Å². The Morgan fingerprint density at radius 1 is 1.28 bits per heavy atom. The minimum absolute atomic E-state index is 0.447. The molecule has 2 amide bonds. The second-order valence-corrected chi connectivity index (χ2v) is 4.53. The van der Waals surface area contributed by atoms with Crippen LogP contribution in [0.1, 0.15) is 19.3 Å². The van der Waals surface area contributed by atoms with E-state index in [9.17, 15) is 9.59 Å². The first-order chi connectivity index (χ1) is 8.65. The molecule has 0 aliphatic heterocycles. The Hall–Kier alpha value is -2.04. The molecule has 0 radical (unpaired) electrons. The van der Waals surface area contributed by atoms with Gasteiger partial charge in [0.1, 0.15) is 6.04 Å². The molecule has 96 valence electrons. The Labute approximate surface area is 105 Å². The third-order valence-corrected chi connectivity index (χ3v) is 2.90. The monoisotopic (exact) mass is 248 g/mol. The van der Waals surface area contributed by atoms with Gasteiger partial charge in [-0.05, 0) is 24.5 Å². The van der Waals surface area contributed by atoms with E-state index in [0.717, 1.165) is 12.8 Å². The fourth-order valence-corrected chi connectivity index (χ4v) is 1.76. The number of carboxylic acid groups (broad SMARTS) is 1. The molecule has 2 rings (SSSR count). The summed E-state index contributed by atoms with van der Waals surface area (Å²) < 4.78 is 0. The Morgan fingerprint density at radius 2 is 1.94 bits per heavy atom. The van der Waals surface area contributed by atoms with Crippen molar-refractivity contribution in [3.8, 4) is 0 Å². The van der Waals surface area contributed by atoms with Gasteiger partial charge in [0, 0.05) is 5.69 Å². The number of anilines is 1. The van der Waals surface area contributed by atoms with Crippen molar-refractivity contribution in [2.24, 2.45) is 5.92 Å². The quantitative estimate of drug-likeness (QED) is 0.746. The zero-order valence-corrected chi connectivity index (χ0v) is 9.93. The smallest absolute Gasteiger partial charge is 0.326 e. The van der Waals surface area contributed by atoms with Crippen LogP contribution in [0, 0.1) is 5.92 Å². The van der Waals surface area contributed by atoms with Crippen LogP contribution in [0.5, 0.6) is 0 Å². The van der Waals surface area contributed by atoms with Gasteiger partial charge in [0.25, 0.3) is 0 Å². The fourth-order valence-electron chi connectivity index (χ4n) is 1.76. The van der Waals surface area contributed by atoms with Gasteiger partial charge in [0.15, 0.2) is 0 Å². The van der Waals surface area contributed by atoms with Crippen LogP contribution in [0.25, 0.3) is 0 Å². The summed E-state index contributed by atoms with van der Waals surface area (Å²) in [5, 5.41) is 14.1. The predicted octanol–water partition coefficient (Wildman–Crippen LogP) is 2.06. The molecule has 5 heteroatoms. The van der Waals surface area contributed by atoms with E-state index in [1.807, 2.05) is 6.07 Å². The summed E-state index contributed by atoms with van der Waals surface area (Å²) in [5.41, 5.74) is 0.644. The molecule has 1 aliphatic carbocycles. The summed E-state index contributed by atoms with van der Waals surface area (Å²) in [7, 11) is 0. The largest absolute Gasteiger partial charge is 0.480 e. The van der Waals surface area contributed by atoms with Gasteiger partial charge >= 0.3 is 12.0 Å². The molecule has 1 aromatic rings. The number of urea groups is 1. The third-order valence-electron chi connectivity index (χ3n) is 2.90. The number of hydrogen-bond acceptors (Lipinski definition) is 2. The maximum Gasteiger partial charge on any atom is 0.326 e. The van der Waals surface area contributed by atoms with E-state index in [-0.39, 0.29) is 0 Å². The van der Waals surface area contributed by atoms with Crippen molar-refractivity contribution in [3.63, 3.8) is 0 Å². The average Bonchev–Trinajstić information content (AvgIpc) is 3.13. The van der Waals surface area contributed by atoms with Crippen LogP contribution in [0.3, 0.4) is 0 Å². The third kappa shape index (κ3) is 3.76. The Bertz CT molecular complexity index is 429. The van der Waals surface area contributed by atoms with E-state index >= 15 is 0 Å². The number of carbonyl (C=O) groups excluding carboxylic acids is 1. The lowest BCUT2D eigenvalue weighted by Crippen LogP contribution is -2.43. The second-order valence-electron chi connectivity index (χ2n) is 4.53. The molecule has 1 aromatic carbocycles. The van der Waals surface area contributed by atoms with Gasteiger partial charge in [-0.2, -0.15) is 0 Å². The lowest BCUT2D eigenvalue weighted by atomic mass is 10.1. The fraction of sp³-hybridized carbons (Fsp3) is 0.385. The summed E-state index contributed by atoms with van der Waals surface area (Å²) in [4.78, 5) is 22.7. The van der Waals surface area contributed by atoms with Gasteiger partial charge in [-0.25, -0.2) is 9.59 Å². The SMILES string of the molecule is O=C(Nc1ccccc1)NC(CC1CC1)C(=O)O. The number of rotatable bonds is 5. The molecule has 0 aromatic heterocycles. The van der Waals surface area contributed by atoms with Crippen LogP contribution in [0.15, 0.2) is 30.3 Å². The Kier molecular flexibility index (Phi) is 3.82. The molecule has 1 saturated carbocycles. The molecule has 3 N–H and O–H groups in total.